The van der Waals surface area contributed by atoms with E-state index in [0.29, 0.717) is 18.2 Å². The molecule has 1 aliphatic carbocycles. The van der Waals surface area contributed by atoms with E-state index in [1.165, 1.54) is 36.9 Å². The number of aromatic nitrogens is 2. The number of amides is 1. The molecule has 0 radical (unpaired) electrons. The molecule has 7 nitrogen and oxygen atoms in total. The molecule has 1 heterocycles. The fourth-order valence-electron chi connectivity index (χ4n) is 3.57. The maximum Gasteiger partial charge on any atom is 0.363 e. The van der Waals surface area contributed by atoms with Gasteiger partial charge in [0.2, 0.25) is 11.1 Å². The molecular weight excluding hydrogens is 370 g/mol. The zero-order chi connectivity index (χ0) is 20.8. The Morgan fingerprint density at radius 3 is 2.59 bits per heavy atom. The van der Waals surface area contributed by atoms with Gasteiger partial charge < -0.3 is 10.1 Å². The molecule has 0 spiro atoms. The molecule has 0 saturated heterocycles. The molecule has 1 amide bonds. The second-order valence-electron chi connectivity index (χ2n) is 7.54. The van der Waals surface area contributed by atoms with E-state index in [1.54, 1.807) is 6.92 Å². The van der Waals surface area contributed by atoms with Crippen LogP contribution in [0.25, 0.3) is 5.69 Å². The topological polar surface area (TPSA) is 90.3 Å². The quantitative estimate of drug-likeness (QED) is 0.757. The van der Waals surface area contributed by atoms with Crippen LogP contribution in [0.5, 0.6) is 0 Å². The van der Waals surface area contributed by atoms with Crippen molar-refractivity contribution in [2.45, 2.75) is 52.1 Å². The number of nitrogens with zero attached hydrogens (tertiary/aromatic N) is 2. The van der Waals surface area contributed by atoms with E-state index < -0.39 is 17.5 Å². The van der Waals surface area contributed by atoms with E-state index in [2.05, 4.69) is 10.4 Å². The predicted molar refractivity (Wildman–Crippen MR) is 109 cm³/mol. The summed E-state index contributed by atoms with van der Waals surface area (Å²) in [6.45, 7) is 3.82. The van der Waals surface area contributed by atoms with Gasteiger partial charge in [-0.25, -0.2) is 9.48 Å². The lowest BCUT2D eigenvalue weighted by molar-refractivity contribution is -0.129. The Morgan fingerprint density at radius 1 is 1.21 bits per heavy atom. The average molecular weight is 397 g/mol. The predicted octanol–water partition coefficient (Wildman–Crippen LogP) is 2.78. The Morgan fingerprint density at radius 2 is 1.90 bits per heavy atom. The summed E-state index contributed by atoms with van der Waals surface area (Å²) in [5.74, 6) is -0.785. The van der Waals surface area contributed by atoms with Crippen LogP contribution in [0, 0.1) is 12.8 Å². The highest BCUT2D eigenvalue weighted by atomic mass is 16.5. The minimum Gasteiger partial charge on any atom is -0.448 e. The zero-order valence-corrected chi connectivity index (χ0v) is 16.9. The molecule has 1 unspecified atom stereocenters. The summed E-state index contributed by atoms with van der Waals surface area (Å²) in [7, 11) is 0. The summed E-state index contributed by atoms with van der Waals surface area (Å²) in [5, 5.41) is 7.02. The number of esters is 1. The smallest absolute Gasteiger partial charge is 0.363 e. The summed E-state index contributed by atoms with van der Waals surface area (Å²) in [6, 6.07) is 10.5. The van der Waals surface area contributed by atoms with Gasteiger partial charge in [-0.05, 0) is 44.7 Å². The number of carbonyl (C=O) groups is 2. The van der Waals surface area contributed by atoms with Gasteiger partial charge in [0.1, 0.15) is 0 Å². The Hall–Kier alpha value is -2.96. The lowest BCUT2D eigenvalue weighted by Gasteiger charge is -2.22. The molecule has 2 aromatic rings. The number of nitrogens with one attached hydrogen (secondary N) is 1. The van der Waals surface area contributed by atoms with Gasteiger partial charge in [0.25, 0.3) is 5.91 Å². The van der Waals surface area contributed by atoms with Crippen LogP contribution >= 0.6 is 0 Å². The summed E-state index contributed by atoms with van der Waals surface area (Å²) >= 11 is 0. The molecule has 1 N–H and O–H groups in total. The summed E-state index contributed by atoms with van der Waals surface area (Å²) in [5.41, 5.74) is 0.439. The molecule has 1 aromatic carbocycles. The summed E-state index contributed by atoms with van der Waals surface area (Å²) in [6.07, 6.45) is 4.86. The van der Waals surface area contributed by atoms with Crippen molar-refractivity contribution in [3.8, 4) is 5.69 Å². The third-order valence-electron chi connectivity index (χ3n) is 5.24. The van der Waals surface area contributed by atoms with Gasteiger partial charge in [0.15, 0.2) is 6.10 Å². The molecule has 1 aromatic heterocycles. The van der Waals surface area contributed by atoms with Crippen molar-refractivity contribution in [1.29, 1.82) is 0 Å². The third kappa shape index (κ3) is 5.31. The third-order valence-corrected chi connectivity index (χ3v) is 5.24. The van der Waals surface area contributed by atoms with Gasteiger partial charge in [-0.1, -0.05) is 37.5 Å². The molecule has 3 rings (SSSR count). The van der Waals surface area contributed by atoms with E-state index in [9.17, 15) is 14.4 Å². The van der Waals surface area contributed by atoms with Crippen LogP contribution in [0.3, 0.4) is 0 Å². The highest BCUT2D eigenvalue weighted by Crippen LogP contribution is 2.22. The van der Waals surface area contributed by atoms with Crippen LogP contribution < -0.4 is 10.7 Å². The number of hydrogen-bond acceptors (Lipinski definition) is 5. The molecule has 154 valence electrons. The molecule has 1 atom stereocenters. The lowest BCUT2D eigenvalue weighted by atomic mass is 9.89. The second-order valence-corrected chi connectivity index (χ2v) is 7.54. The molecule has 1 aliphatic rings. The molecule has 0 bridgehead atoms. The number of hydrogen-bond donors (Lipinski definition) is 1. The first-order valence-corrected chi connectivity index (χ1v) is 10.1. The second kappa shape index (κ2) is 9.49. The van der Waals surface area contributed by atoms with Crippen molar-refractivity contribution in [3.63, 3.8) is 0 Å². The highest BCUT2D eigenvalue weighted by molar-refractivity contribution is 5.90. The fourth-order valence-corrected chi connectivity index (χ4v) is 3.57. The molecule has 1 fully saturated rings. The average Bonchev–Trinajstić information content (AvgIpc) is 2.73. The highest BCUT2D eigenvalue weighted by Gasteiger charge is 2.24. The van der Waals surface area contributed by atoms with Gasteiger partial charge in [0.05, 0.1) is 5.69 Å². The van der Waals surface area contributed by atoms with Crippen molar-refractivity contribution in [2.75, 3.05) is 6.54 Å². The number of para-hydroxylation sites is 1. The number of rotatable bonds is 6. The lowest BCUT2D eigenvalue weighted by Crippen LogP contribution is -2.39. The van der Waals surface area contributed by atoms with E-state index >= 15 is 0 Å². The molecule has 0 aliphatic heterocycles. The van der Waals surface area contributed by atoms with Gasteiger partial charge in [-0.2, -0.15) is 5.10 Å². The molecule has 1 saturated carbocycles. The number of aryl methyl sites for hydroxylation is 1. The van der Waals surface area contributed by atoms with Crippen LogP contribution in [0.15, 0.2) is 41.2 Å². The van der Waals surface area contributed by atoms with Gasteiger partial charge in [0, 0.05) is 18.3 Å². The van der Waals surface area contributed by atoms with E-state index in [4.69, 9.17) is 4.74 Å². The van der Waals surface area contributed by atoms with Crippen LogP contribution in [0.1, 0.15) is 55.2 Å². The normalized spacial score (nSPS) is 15.5. The first kappa shape index (κ1) is 20.8. The maximum atomic E-state index is 12.5. The minimum absolute atomic E-state index is 0.341. The largest absolute Gasteiger partial charge is 0.448 e. The van der Waals surface area contributed by atoms with E-state index in [-0.39, 0.29) is 11.6 Å². The fraction of sp³-hybridized carbons (Fsp3) is 0.455. The number of carbonyl (C=O) groups excluding carboxylic acids is 2. The number of ether oxygens (including phenoxy) is 1. The van der Waals surface area contributed by atoms with E-state index in [1.807, 2.05) is 30.3 Å². The van der Waals surface area contributed by atoms with Gasteiger partial charge >= 0.3 is 5.97 Å². The Kier molecular flexibility index (Phi) is 6.80. The Balaban J connectivity index is 1.66. The van der Waals surface area contributed by atoms with Gasteiger partial charge in [-0.3, -0.25) is 9.59 Å². The number of benzene rings is 1. The van der Waals surface area contributed by atoms with Crippen molar-refractivity contribution in [1.82, 2.24) is 15.1 Å². The van der Waals surface area contributed by atoms with Crippen LogP contribution in [0.2, 0.25) is 0 Å². The summed E-state index contributed by atoms with van der Waals surface area (Å²) < 4.78 is 6.73. The standard InChI is InChI=1S/C22H27N3O4/c1-15-13-19(26)20(24-25(15)18-11-7-4-8-12-18)22(28)29-16(2)21(27)23-14-17-9-5-3-6-10-17/h4,7-8,11-13,16-17H,3,5-6,9-10,14H2,1-2H3,(H,23,27). The van der Waals surface area contributed by atoms with Gasteiger partial charge in [-0.15, -0.1) is 0 Å². The maximum absolute atomic E-state index is 12.5. The first-order valence-electron chi connectivity index (χ1n) is 10.1. The van der Waals surface area contributed by atoms with Crippen molar-refractivity contribution < 1.29 is 14.3 Å². The Labute approximate surface area is 170 Å². The van der Waals surface area contributed by atoms with Crippen molar-refractivity contribution in [3.05, 3.63) is 58.0 Å². The molecule has 29 heavy (non-hydrogen) atoms. The van der Waals surface area contributed by atoms with Crippen LogP contribution in [0.4, 0.5) is 0 Å². The summed E-state index contributed by atoms with van der Waals surface area (Å²) in [4.78, 5) is 37.1. The minimum atomic E-state index is -1.00. The van der Waals surface area contributed by atoms with Crippen molar-refractivity contribution in [2.24, 2.45) is 5.92 Å². The molecular formula is C22H27N3O4. The van der Waals surface area contributed by atoms with E-state index in [0.717, 1.165) is 18.5 Å². The SMILES string of the molecule is Cc1cc(=O)c(C(=O)OC(C)C(=O)NCC2CCCCC2)nn1-c1ccccc1. The van der Waals surface area contributed by atoms with Crippen molar-refractivity contribution >= 4 is 11.9 Å². The van der Waals surface area contributed by atoms with Crippen LogP contribution in [-0.4, -0.2) is 34.3 Å². The Bertz CT molecular complexity index is 917. The monoisotopic (exact) mass is 397 g/mol. The van der Waals surface area contributed by atoms with Crippen LogP contribution in [-0.2, 0) is 9.53 Å². The first-order chi connectivity index (χ1) is 14.0. The molecule has 7 heteroatoms. The zero-order valence-electron chi connectivity index (χ0n) is 16.9.